The zero-order valence-electron chi connectivity index (χ0n) is 18.0. The van der Waals surface area contributed by atoms with Crippen molar-refractivity contribution >= 4 is 11.6 Å². The van der Waals surface area contributed by atoms with Gasteiger partial charge in [-0.1, -0.05) is 61.0 Å². The lowest BCUT2D eigenvalue weighted by Crippen LogP contribution is -2.47. The van der Waals surface area contributed by atoms with Gasteiger partial charge in [0.25, 0.3) is 5.89 Å². The predicted octanol–water partition coefficient (Wildman–Crippen LogP) is 5.34. The Morgan fingerprint density at radius 2 is 1.77 bits per heavy atom. The molecule has 3 aromatic rings. The molecule has 1 N–H and O–H groups in total. The number of hydrogen-bond donors (Lipinski definition) is 1. The topological polar surface area (TPSA) is 71.3 Å². The third kappa shape index (κ3) is 4.21. The van der Waals surface area contributed by atoms with Crippen molar-refractivity contribution in [2.75, 3.05) is 6.54 Å². The van der Waals surface area contributed by atoms with Crippen LogP contribution in [-0.2, 0) is 0 Å². The molecule has 6 nitrogen and oxygen atoms in total. The van der Waals surface area contributed by atoms with Crippen LogP contribution in [0.1, 0.15) is 43.8 Å². The van der Waals surface area contributed by atoms with Crippen molar-refractivity contribution in [3.05, 3.63) is 77.1 Å². The molecule has 0 saturated heterocycles. The van der Waals surface area contributed by atoms with E-state index >= 15 is 0 Å². The first kappa shape index (κ1) is 20.8. The summed E-state index contributed by atoms with van der Waals surface area (Å²) in [6.07, 6.45) is 0. The number of urea groups is 1. The lowest BCUT2D eigenvalue weighted by molar-refractivity contribution is 0.199. The molecule has 0 fully saturated rings. The molecular formula is C24H25FN4O2. The number of rotatable bonds is 5. The van der Waals surface area contributed by atoms with E-state index in [4.69, 9.17) is 4.52 Å². The van der Waals surface area contributed by atoms with Crippen LogP contribution in [0.4, 0.5) is 9.18 Å². The van der Waals surface area contributed by atoms with E-state index in [0.717, 1.165) is 22.4 Å². The van der Waals surface area contributed by atoms with Gasteiger partial charge in [-0.2, -0.15) is 4.98 Å². The van der Waals surface area contributed by atoms with Crippen LogP contribution in [0.15, 0.2) is 58.8 Å². The van der Waals surface area contributed by atoms with Gasteiger partial charge in [-0.15, -0.1) is 0 Å². The first-order valence-corrected chi connectivity index (χ1v) is 10.3. The summed E-state index contributed by atoms with van der Waals surface area (Å²) in [7, 11) is 0. The van der Waals surface area contributed by atoms with Gasteiger partial charge in [-0.05, 0) is 37.5 Å². The summed E-state index contributed by atoms with van der Waals surface area (Å²) in [6.45, 7) is 8.54. The van der Waals surface area contributed by atoms with E-state index in [0.29, 0.717) is 23.8 Å². The van der Waals surface area contributed by atoms with Crippen LogP contribution < -0.4 is 5.32 Å². The highest BCUT2D eigenvalue weighted by Crippen LogP contribution is 2.37. The minimum absolute atomic E-state index is 0.206. The van der Waals surface area contributed by atoms with Crippen LogP contribution >= 0.6 is 0 Å². The highest BCUT2D eigenvalue weighted by molar-refractivity contribution is 5.86. The summed E-state index contributed by atoms with van der Waals surface area (Å²) in [5, 5.41) is 7.18. The third-order valence-corrected chi connectivity index (χ3v) is 5.31. The smallest absolute Gasteiger partial charge is 0.322 e. The Morgan fingerprint density at radius 3 is 2.42 bits per heavy atom. The highest BCUT2D eigenvalue weighted by Gasteiger charge is 2.35. The number of halogens is 1. The Balaban J connectivity index is 1.80. The Bertz CT molecular complexity index is 1120. The van der Waals surface area contributed by atoms with Gasteiger partial charge in [-0.25, -0.2) is 9.18 Å². The van der Waals surface area contributed by atoms with Crippen LogP contribution in [0.5, 0.6) is 0 Å². The summed E-state index contributed by atoms with van der Waals surface area (Å²) in [6, 6.07) is 13.2. The summed E-state index contributed by atoms with van der Waals surface area (Å²) in [5.74, 6) is 0.737. The van der Waals surface area contributed by atoms with Gasteiger partial charge in [0.2, 0.25) is 5.82 Å². The fourth-order valence-electron chi connectivity index (χ4n) is 3.70. The fourth-order valence-corrected chi connectivity index (χ4v) is 3.70. The van der Waals surface area contributed by atoms with Crippen molar-refractivity contribution in [1.29, 1.82) is 0 Å². The molecule has 0 aliphatic carbocycles. The number of hydrogen-bond acceptors (Lipinski definition) is 4. The molecule has 0 spiro atoms. The molecule has 2 heterocycles. The summed E-state index contributed by atoms with van der Waals surface area (Å²) >= 11 is 0. The highest BCUT2D eigenvalue weighted by atomic mass is 19.1. The zero-order chi connectivity index (χ0) is 22.1. The average molecular weight is 420 g/mol. The van der Waals surface area contributed by atoms with E-state index in [1.807, 2.05) is 38.1 Å². The first-order valence-electron chi connectivity index (χ1n) is 10.3. The predicted molar refractivity (Wildman–Crippen MR) is 116 cm³/mol. The largest absolute Gasteiger partial charge is 0.334 e. The van der Waals surface area contributed by atoms with Gasteiger partial charge in [0, 0.05) is 17.8 Å². The zero-order valence-corrected chi connectivity index (χ0v) is 18.0. The van der Waals surface area contributed by atoms with E-state index in [1.54, 1.807) is 17.0 Å². The Morgan fingerprint density at radius 1 is 1.10 bits per heavy atom. The van der Waals surface area contributed by atoms with Crippen molar-refractivity contribution < 1.29 is 13.7 Å². The maximum Gasteiger partial charge on any atom is 0.322 e. The Hall–Kier alpha value is -3.48. The number of aromatic nitrogens is 2. The maximum absolute atomic E-state index is 13.5. The second-order valence-electron chi connectivity index (χ2n) is 8.23. The molecule has 1 aromatic heterocycles. The first-order chi connectivity index (χ1) is 14.8. The van der Waals surface area contributed by atoms with E-state index < -0.39 is 6.04 Å². The van der Waals surface area contributed by atoms with Gasteiger partial charge in [0.1, 0.15) is 5.82 Å². The molecule has 160 valence electrons. The lowest BCUT2D eigenvalue weighted by atomic mass is 9.94. The van der Waals surface area contributed by atoms with E-state index in [-0.39, 0.29) is 17.8 Å². The molecule has 1 aliphatic rings. The van der Waals surface area contributed by atoms with E-state index in [2.05, 4.69) is 29.3 Å². The molecule has 1 aliphatic heterocycles. The summed E-state index contributed by atoms with van der Waals surface area (Å²) < 4.78 is 19.2. The molecule has 4 rings (SSSR count). The quantitative estimate of drug-likeness (QED) is 0.605. The number of carbonyl (C=O) groups is 1. The van der Waals surface area contributed by atoms with E-state index in [9.17, 15) is 9.18 Å². The molecule has 1 atom stereocenters. The number of allylic oxidation sites excluding steroid dienone is 1. The van der Waals surface area contributed by atoms with Gasteiger partial charge in [0.05, 0.1) is 11.6 Å². The van der Waals surface area contributed by atoms with Crippen molar-refractivity contribution in [1.82, 2.24) is 20.4 Å². The standard InChI is InChI=1S/C24H25FN4O2/c1-14(2)13-29-16(4)20(21(26-24(29)30)17-9-11-19(25)12-10-17)23-27-22(28-31-23)18-7-5-15(3)6-8-18/h5-12,14,21H,13H2,1-4H3,(H,26,30). The van der Waals surface area contributed by atoms with Gasteiger partial charge in [-0.3, -0.25) is 4.90 Å². The minimum atomic E-state index is -0.525. The second-order valence-corrected chi connectivity index (χ2v) is 8.23. The second kappa shape index (κ2) is 8.34. The molecule has 0 saturated carbocycles. The number of nitrogens with zero attached hydrogens (tertiary/aromatic N) is 3. The van der Waals surface area contributed by atoms with Crippen LogP contribution in [0, 0.1) is 18.7 Å². The van der Waals surface area contributed by atoms with Crippen molar-refractivity contribution in [2.45, 2.75) is 33.7 Å². The van der Waals surface area contributed by atoms with Crippen LogP contribution in [0.3, 0.4) is 0 Å². The fraction of sp³-hybridized carbons (Fsp3) is 0.292. The third-order valence-electron chi connectivity index (χ3n) is 5.31. The van der Waals surface area contributed by atoms with Crippen LogP contribution in [0.2, 0.25) is 0 Å². The molecule has 2 aromatic carbocycles. The molecular weight excluding hydrogens is 395 g/mol. The summed E-state index contributed by atoms with van der Waals surface area (Å²) in [4.78, 5) is 19.2. The molecule has 1 unspecified atom stereocenters. The number of benzene rings is 2. The Kier molecular flexibility index (Phi) is 5.59. The maximum atomic E-state index is 13.5. The van der Waals surface area contributed by atoms with Crippen LogP contribution in [0.25, 0.3) is 17.0 Å². The molecule has 7 heteroatoms. The average Bonchev–Trinajstić information content (AvgIpc) is 3.21. The van der Waals surface area contributed by atoms with Crippen molar-refractivity contribution in [2.24, 2.45) is 5.92 Å². The minimum Gasteiger partial charge on any atom is -0.334 e. The van der Waals surface area contributed by atoms with Crippen molar-refractivity contribution in [3.8, 4) is 11.4 Å². The lowest BCUT2D eigenvalue weighted by Gasteiger charge is -2.36. The van der Waals surface area contributed by atoms with E-state index in [1.165, 1.54) is 12.1 Å². The van der Waals surface area contributed by atoms with Gasteiger partial charge < -0.3 is 9.84 Å². The van der Waals surface area contributed by atoms with Crippen LogP contribution in [-0.4, -0.2) is 27.6 Å². The molecule has 31 heavy (non-hydrogen) atoms. The molecule has 0 bridgehead atoms. The summed E-state index contributed by atoms with van der Waals surface area (Å²) in [5.41, 5.74) is 4.17. The normalized spacial score (nSPS) is 16.8. The van der Waals surface area contributed by atoms with Crippen molar-refractivity contribution in [3.63, 3.8) is 0 Å². The van der Waals surface area contributed by atoms with Gasteiger partial charge >= 0.3 is 6.03 Å². The number of carbonyl (C=O) groups excluding carboxylic acids is 1. The number of nitrogens with one attached hydrogen (secondary N) is 1. The number of aryl methyl sites for hydroxylation is 1. The molecule has 2 amide bonds. The molecule has 0 radical (unpaired) electrons. The monoisotopic (exact) mass is 420 g/mol. The van der Waals surface area contributed by atoms with Gasteiger partial charge in [0.15, 0.2) is 0 Å². The Labute approximate surface area is 180 Å². The SMILES string of the molecule is CC1=C(c2nc(-c3ccc(C)cc3)no2)C(c2ccc(F)cc2)NC(=O)N1CC(C)C. The number of amides is 2.